The van der Waals surface area contributed by atoms with E-state index in [1.165, 1.54) is 24.3 Å². The van der Waals surface area contributed by atoms with Crippen LogP contribution in [0.4, 0.5) is 5.69 Å². The zero-order valence-corrected chi connectivity index (χ0v) is 24.4. The SMILES string of the molecule is CN1CCNCCN(CC(=O)Nc2ccc3c(c2)C(=O)OC32c3ccc(O)cc3Oc3cc(O)ccc32)CCN(C)CC1. The molecule has 0 bridgehead atoms. The summed E-state index contributed by atoms with van der Waals surface area (Å²) in [6.07, 6.45) is 0. The van der Waals surface area contributed by atoms with Gasteiger partial charge in [-0.1, -0.05) is 6.07 Å². The number of nitrogens with zero attached hydrogens (tertiary/aromatic N) is 3. The van der Waals surface area contributed by atoms with Crippen LogP contribution in [0, 0.1) is 0 Å². The van der Waals surface area contributed by atoms with Crippen LogP contribution < -0.4 is 15.4 Å². The van der Waals surface area contributed by atoms with E-state index < -0.39 is 11.6 Å². The fourth-order valence-electron chi connectivity index (χ4n) is 5.97. The van der Waals surface area contributed by atoms with Crippen molar-refractivity contribution in [3.8, 4) is 23.0 Å². The summed E-state index contributed by atoms with van der Waals surface area (Å²) < 4.78 is 12.1. The zero-order valence-electron chi connectivity index (χ0n) is 24.4. The van der Waals surface area contributed by atoms with Crippen LogP contribution in [0.25, 0.3) is 0 Å². The van der Waals surface area contributed by atoms with Crippen LogP contribution in [0.5, 0.6) is 23.0 Å². The number of carbonyl (C=O) groups excluding carboxylic acids is 2. The summed E-state index contributed by atoms with van der Waals surface area (Å²) in [6.45, 7) is 7.22. The van der Waals surface area contributed by atoms with E-state index in [4.69, 9.17) is 9.47 Å². The third-order valence-corrected chi connectivity index (χ3v) is 8.36. The van der Waals surface area contributed by atoms with Crippen LogP contribution in [0.2, 0.25) is 0 Å². The number of aromatic hydroxyl groups is 2. The number of anilines is 1. The molecule has 11 heteroatoms. The van der Waals surface area contributed by atoms with Crippen molar-refractivity contribution < 1.29 is 29.3 Å². The minimum absolute atomic E-state index is 0.00703. The lowest BCUT2D eigenvalue weighted by atomic mass is 9.77. The highest BCUT2D eigenvalue weighted by Crippen LogP contribution is 2.57. The maximum absolute atomic E-state index is 13.4. The highest BCUT2D eigenvalue weighted by Gasteiger charge is 2.53. The first-order valence-electron chi connectivity index (χ1n) is 14.6. The lowest BCUT2D eigenvalue weighted by Crippen LogP contribution is -2.44. The molecular formula is C32H37N5O6. The van der Waals surface area contributed by atoms with Crippen molar-refractivity contribution in [1.29, 1.82) is 0 Å². The third kappa shape index (κ3) is 5.76. The van der Waals surface area contributed by atoms with Gasteiger partial charge >= 0.3 is 5.97 Å². The first-order valence-corrected chi connectivity index (χ1v) is 14.6. The van der Waals surface area contributed by atoms with Gasteiger partial charge in [-0.25, -0.2) is 4.79 Å². The molecule has 3 aromatic carbocycles. The van der Waals surface area contributed by atoms with Crippen LogP contribution in [0.1, 0.15) is 27.0 Å². The Kier molecular flexibility index (Phi) is 7.97. The van der Waals surface area contributed by atoms with Crippen LogP contribution in [0.15, 0.2) is 54.6 Å². The first kappa shape index (κ1) is 28.9. The number of hydrogen-bond donors (Lipinski definition) is 4. The van der Waals surface area contributed by atoms with E-state index in [-0.39, 0.29) is 24.0 Å². The van der Waals surface area contributed by atoms with Crippen LogP contribution >= 0.6 is 0 Å². The monoisotopic (exact) mass is 587 g/mol. The second-order valence-corrected chi connectivity index (χ2v) is 11.5. The molecule has 0 atom stereocenters. The topological polar surface area (TPSA) is 127 Å². The van der Waals surface area contributed by atoms with Crippen molar-refractivity contribution in [2.45, 2.75) is 5.60 Å². The quantitative estimate of drug-likeness (QED) is 0.339. The van der Waals surface area contributed by atoms with Gasteiger partial charge in [-0.2, -0.15) is 0 Å². The molecule has 3 heterocycles. The number of hydrogen-bond acceptors (Lipinski definition) is 10. The third-order valence-electron chi connectivity index (χ3n) is 8.36. The van der Waals surface area contributed by atoms with E-state index in [1.54, 1.807) is 30.3 Å². The van der Waals surface area contributed by atoms with Gasteiger partial charge in [0.25, 0.3) is 0 Å². The maximum Gasteiger partial charge on any atom is 0.340 e. The molecule has 3 aromatic rings. The Labute approximate surface area is 250 Å². The molecule has 3 aliphatic rings. The average molecular weight is 588 g/mol. The molecule has 11 nitrogen and oxygen atoms in total. The van der Waals surface area contributed by atoms with Crippen LogP contribution in [-0.2, 0) is 15.1 Å². The number of phenols is 2. The summed E-state index contributed by atoms with van der Waals surface area (Å²) >= 11 is 0. The van der Waals surface area contributed by atoms with Gasteiger partial charge in [0.2, 0.25) is 5.91 Å². The molecule has 0 saturated carbocycles. The molecule has 0 radical (unpaired) electrons. The van der Waals surface area contributed by atoms with Gasteiger partial charge in [0.15, 0.2) is 5.60 Å². The van der Waals surface area contributed by atoms with E-state index in [9.17, 15) is 19.8 Å². The van der Waals surface area contributed by atoms with Crippen LogP contribution in [0.3, 0.4) is 0 Å². The predicted molar refractivity (Wildman–Crippen MR) is 161 cm³/mol. The van der Waals surface area contributed by atoms with Gasteiger partial charge in [0.05, 0.1) is 12.1 Å². The van der Waals surface area contributed by atoms with Gasteiger partial charge in [-0.05, 0) is 50.5 Å². The molecule has 1 saturated heterocycles. The minimum Gasteiger partial charge on any atom is -0.508 e. The van der Waals surface area contributed by atoms with E-state index >= 15 is 0 Å². The molecule has 1 fully saturated rings. The summed E-state index contributed by atoms with van der Waals surface area (Å²) in [5.74, 6) is -0.0966. The molecule has 1 spiro atoms. The normalized spacial score (nSPS) is 19.3. The number of fused-ring (bicyclic) bond motifs is 6. The summed E-state index contributed by atoms with van der Waals surface area (Å²) in [5.41, 5.74) is 1.16. The van der Waals surface area contributed by atoms with E-state index in [2.05, 4.69) is 39.4 Å². The first-order chi connectivity index (χ1) is 20.7. The Hall–Kier alpha value is -4.16. The summed E-state index contributed by atoms with van der Waals surface area (Å²) in [4.78, 5) is 33.3. The lowest BCUT2D eigenvalue weighted by molar-refractivity contribution is -0.117. The van der Waals surface area contributed by atoms with E-state index in [1.807, 2.05) is 0 Å². The highest BCUT2D eigenvalue weighted by molar-refractivity contribution is 6.00. The van der Waals surface area contributed by atoms with Gasteiger partial charge in [-0.3, -0.25) is 9.69 Å². The molecule has 4 N–H and O–H groups in total. The lowest BCUT2D eigenvalue weighted by Gasteiger charge is -2.36. The second-order valence-electron chi connectivity index (χ2n) is 11.5. The average Bonchev–Trinajstić information content (AvgIpc) is 3.25. The number of likely N-dealkylation sites (N-methyl/N-ethyl adjacent to an activating group) is 2. The van der Waals surface area contributed by atoms with Crippen molar-refractivity contribution in [3.05, 3.63) is 76.9 Å². The van der Waals surface area contributed by atoms with E-state index in [0.717, 1.165) is 52.4 Å². The van der Waals surface area contributed by atoms with Crippen molar-refractivity contribution >= 4 is 17.6 Å². The number of esters is 1. The fraction of sp³-hybridized carbons (Fsp3) is 0.375. The molecule has 43 heavy (non-hydrogen) atoms. The second kappa shape index (κ2) is 11.8. The summed E-state index contributed by atoms with van der Waals surface area (Å²) in [6, 6.07) is 14.4. The van der Waals surface area contributed by atoms with Gasteiger partial charge in [0, 0.05) is 86.9 Å². The Balaban J connectivity index is 1.23. The smallest absolute Gasteiger partial charge is 0.340 e. The fourth-order valence-corrected chi connectivity index (χ4v) is 5.97. The molecule has 1 amide bonds. The number of phenolic OH excluding ortho intramolecular Hbond substituents is 2. The maximum atomic E-state index is 13.4. The molecule has 6 rings (SSSR count). The predicted octanol–water partition coefficient (Wildman–Crippen LogP) is 2.37. The molecular weight excluding hydrogens is 550 g/mol. The number of amides is 1. The highest BCUT2D eigenvalue weighted by atomic mass is 16.6. The Bertz CT molecular complexity index is 1490. The van der Waals surface area contributed by atoms with Crippen molar-refractivity contribution in [3.63, 3.8) is 0 Å². The molecule has 0 unspecified atom stereocenters. The molecule has 226 valence electrons. The number of carbonyl (C=O) groups is 2. The summed E-state index contributed by atoms with van der Waals surface area (Å²) in [7, 11) is 4.24. The number of benzene rings is 3. The number of nitrogens with one attached hydrogen (secondary N) is 2. The van der Waals surface area contributed by atoms with Gasteiger partial charge in [0.1, 0.15) is 23.0 Å². The zero-order chi connectivity index (χ0) is 30.1. The molecule has 0 aliphatic carbocycles. The standard InChI is InChI=1S/C32H37N5O6/c1-35-11-9-33-10-12-37(16-15-36(2)14-13-35)20-30(40)34-21-3-6-25-24(17-21)31(41)43-32(25)26-7-4-22(38)18-28(26)42-29-19-23(39)5-8-27(29)32/h3-8,17-19,33,38-39H,9-16,20H2,1-2H3,(H,34,40). The van der Waals surface area contributed by atoms with Gasteiger partial charge in [-0.15, -0.1) is 0 Å². The number of rotatable bonds is 3. The van der Waals surface area contributed by atoms with Crippen LogP contribution in [-0.4, -0.2) is 110 Å². The molecule has 3 aliphatic heterocycles. The minimum atomic E-state index is -1.34. The number of ether oxygens (including phenoxy) is 2. The largest absolute Gasteiger partial charge is 0.508 e. The Morgan fingerprint density at radius 3 is 2.14 bits per heavy atom. The Morgan fingerprint density at radius 2 is 1.44 bits per heavy atom. The van der Waals surface area contributed by atoms with Crippen molar-refractivity contribution in [2.75, 3.05) is 78.3 Å². The molecule has 0 aromatic heterocycles. The van der Waals surface area contributed by atoms with E-state index in [0.29, 0.717) is 39.4 Å². The van der Waals surface area contributed by atoms with Crippen molar-refractivity contribution in [2.24, 2.45) is 0 Å². The summed E-state index contributed by atoms with van der Waals surface area (Å²) in [5, 5.41) is 26.7. The van der Waals surface area contributed by atoms with Crippen molar-refractivity contribution in [1.82, 2.24) is 20.0 Å². The Morgan fingerprint density at radius 1 is 0.837 bits per heavy atom. The van der Waals surface area contributed by atoms with Gasteiger partial charge < -0.3 is 40.1 Å².